The molecule has 0 atom stereocenters. The van der Waals surface area contributed by atoms with Crippen molar-refractivity contribution in [3.8, 4) is 0 Å². The van der Waals surface area contributed by atoms with E-state index in [0.29, 0.717) is 18.8 Å². The normalized spacial score (nSPS) is 12.6. The van der Waals surface area contributed by atoms with Crippen molar-refractivity contribution in [3.63, 3.8) is 0 Å². The molecule has 1 aliphatic rings. The van der Waals surface area contributed by atoms with Crippen LogP contribution in [0.15, 0.2) is 18.2 Å². The zero-order valence-electron chi connectivity index (χ0n) is 7.91. The van der Waals surface area contributed by atoms with Crippen LogP contribution in [0, 0.1) is 0 Å². The molecule has 1 radical (unpaired) electrons. The summed E-state index contributed by atoms with van der Waals surface area (Å²) in [5.41, 5.74) is 2.35. The Bertz CT molecular complexity index is 363. The lowest BCUT2D eigenvalue weighted by atomic mass is 10.2. The van der Waals surface area contributed by atoms with E-state index in [4.69, 9.17) is 4.74 Å². The molecule has 0 aromatic heterocycles. The molecule has 1 aromatic rings. The monoisotopic (exact) mass is 191 g/mol. The lowest BCUT2D eigenvalue weighted by Gasteiger charge is -2.03. The number of fused-ring (bicyclic) bond motifs is 1. The highest BCUT2D eigenvalue weighted by molar-refractivity contribution is 5.92. The van der Waals surface area contributed by atoms with Gasteiger partial charge in [-0.2, -0.15) is 0 Å². The average Bonchev–Trinajstić information content (AvgIpc) is 2.64. The maximum atomic E-state index is 11.4. The van der Waals surface area contributed by atoms with Crippen molar-refractivity contribution < 1.29 is 9.53 Å². The fourth-order valence-electron chi connectivity index (χ4n) is 1.36. The number of carbonyl (C=O) groups is 1. The van der Waals surface area contributed by atoms with Crippen LogP contribution in [0.3, 0.4) is 0 Å². The number of nitrogens with one attached hydrogen (secondary N) is 1. The van der Waals surface area contributed by atoms with Gasteiger partial charge in [0.15, 0.2) is 0 Å². The van der Waals surface area contributed by atoms with Gasteiger partial charge in [-0.05, 0) is 25.1 Å². The molecule has 73 valence electrons. The van der Waals surface area contributed by atoms with Crippen LogP contribution >= 0.6 is 0 Å². The van der Waals surface area contributed by atoms with E-state index in [-0.39, 0.29) is 5.97 Å². The van der Waals surface area contributed by atoms with Gasteiger partial charge in [0.25, 0.3) is 0 Å². The predicted octanol–water partition coefficient (Wildman–Crippen LogP) is 1.48. The summed E-state index contributed by atoms with van der Waals surface area (Å²) in [6.07, 6.45) is 0. The first-order chi connectivity index (χ1) is 6.81. The van der Waals surface area contributed by atoms with Crippen molar-refractivity contribution in [2.24, 2.45) is 0 Å². The van der Waals surface area contributed by atoms with E-state index in [0.717, 1.165) is 11.4 Å². The van der Waals surface area contributed by atoms with Gasteiger partial charge in [0.05, 0.1) is 23.5 Å². The number of esters is 1. The van der Waals surface area contributed by atoms with Gasteiger partial charge >= 0.3 is 5.97 Å². The second kappa shape index (κ2) is 3.57. The number of anilines is 1. The van der Waals surface area contributed by atoms with Crippen LogP contribution < -0.4 is 10.6 Å². The van der Waals surface area contributed by atoms with Crippen LogP contribution in [-0.2, 0) is 4.74 Å². The first-order valence-electron chi connectivity index (χ1n) is 4.54. The Kier molecular flexibility index (Phi) is 2.26. The zero-order valence-corrected chi connectivity index (χ0v) is 7.91. The van der Waals surface area contributed by atoms with Gasteiger partial charge in [-0.1, -0.05) is 0 Å². The van der Waals surface area contributed by atoms with Crippen LogP contribution in [0.25, 0.3) is 0 Å². The van der Waals surface area contributed by atoms with Crippen molar-refractivity contribution in [1.29, 1.82) is 0 Å². The molecule has 0 fully saturated rings. The molecule has 1 N–H and O–H groups in total. The highest BCUT2D eigenvalue weighted by Gasteiger charge is 2.14. The number of benzene rings is 1. The van der Waals surface area contributed by atoms with Crippen molar-refractivity contribution in [1.82, 2.24) is 5.32 Å². The number of carbonyl (C=O) groups excluding carboxylic acids is 1. The van der Waals surface area contributed by atoms with Gasteiger partial charge in [-0.3, -0.25) is 5.32 Å². The Morgan fingerprint density at radius 1 is 1.64 bits per heavy atom. The average molecular weight is 191 g/mol. The van der Waals surface area contributed by atoms with E-state index in [1.165, 1.54) is 0 Å². The summed E-state index contributed by atoms with van der Waals surface area (Å²) in [5, 5.41) is 7.26. The Balaban J connectivity index is 2.24. The van der Waals surface area contributed by atoms with Crippen LogP contribution in [0.1, 0.15) is 17.3 Å². The fourth-order valence-corrected chi connectivity index (χ4v) is 1.36. The summed E-state index contributed by atoms with van der Waals surface area (Å²) in [4.78, 5) is 11.4. The second-order valence-electron chi connectivity index (χ2n) is 2.95. The van der Waals surface area contributed by atoms with Crippen LogP contribution in [0.2, 0.25) is 0 Å². The van der Waals surface area contributed by atoms with Crippen molar-refractivity contribution in [3.05, 3.63) is 23.8 Å². The van der Waals surface area contributed by atoms with Crippen molar-refractivity contribution >= 4 is 17.3 Å². The largest absolute Gasteiger partial charge is 0.462 e. The molecule has 1 aromatic carbocycles. The molecule has 0 aliphatic carbocycles. The highest BCUT2D eigenvalue weighted by atomic mass is 16.5. The first-order valence-corrected chi connectivity index (χ1v) is 4.54. The molecule has 0 saturated carbocycles. The topological polar surface area (TPSA) is 52.4 Å². The minimum absolute atomic E-state index is 0.294. The smallest absolute Gasteiger partial charge is 0.338 e. The predicted molar refractivity (Wildman–Crippen MR) is 52.7 cm³/mol. The van der Waals surface area contributed by atoms with E-state index in [2.05, 4.69) is 10.6 Å². The molecule has 0 spiro atoms. The van der Waals surface area contributed by atoms with Crippen molar-refractivity contribution in [2.45, 2.75) is 6.92 Å². The van der Waals surface area contributed by atoms with Crippen LogP contribution in [-0.4, -0.2) is 19.2 Å². The number of hydrogen-bond donors (Lipinski definition) is 1. The highest BCUT2D eigenvalue weighted by Crippen LogP contribution is 2.27. The minimum Gasteiger partial charge on any atom is -0.462 e. The molecule has 0 saturated heterocycles. The summed E-state index contributed by atoms with van der Waals surface area (Å²) >= 11 is 0. The molecule has 4 heteroatoms. The van der Waals surface area contributed by atoms with Crippen LogP contribution in [0.4, 0.5) is 11.4 Å². The fraction of sp³-hybridized carbons (Fsp3) is 0.300. The molecule has 0 bridgehead atoms. The molecule has 1 aliphatic heterocycles. The van der Waals surface area contributed by atoms with E-state index in [1.54, 1.807) is 19.1 Å². The van der Waals surface area contributed by atoms with E-state index < -0.39 is 0 Å². The Morgan fingerprint density at radius 3 is 3.29 bits per heavy atom. The lowest BCUT2D eigenvalue weighted by molar-refractivity contribution is 0.0526. The quantitative estimate of drug-likeness (QED) is 0.720. The van der Waals surface area contributed by atoms with E-state index in [1.807, 2.05) is 6.07 Å². The molecule has 4 nitrogen and oxygen atoms in total. The summed E-state index contributed by atoms with van der Waals surface area (Å²) < 4.78 is 4.89. The first kappa shape index (κ1) is 8.87. The van der Waals surface area contributed by atoms with E-state index in [9.17, 15) is 4.79 Å². The lowest BCUT2D eigenvalue weighted by Crippen LogP contribution is -2.04. The summed E-state index contributed by atoms with van der Waals surface area (Å²) in [6.45, 7) is 2.77. The third kappa shape index (κ3) is 1.51. The Hall–Kier alpha value is -1.71. The SMILES string of the molecule is CCOC(=O)c1ccc2c(c1)[N]CN2. The Morgan fingerprint density at radius 2 is 2.50 bits per heavy atom. The van der Waals surface area contributed by atoms with E-state index >= 15 is 0 Å². The van der Waals surface area contributed by atoms with Gasteiger partial charge in [-0.25, -0.2) is 4.79 Å². The molecule has 1 heterocycles. The number of ether oxygens (including phenoxy) is 1. The number of nitrogens with zero attached hydrogens (tertiary/aromatic N) is 1. The molecule has 14 heavy (non-hydrogen) atoms. The number of rotatable bonds is 2. The van der Waals surface area contributed by atoms with Gasteiger partial charge < -0.3 is 10.1 Å². The van der Waals surface area contributed by atoms with Crippen molar-refractivity contribution in [2.75, 3.05) is 18.6 Å². The van der Waals surface area contributed by atoms with Gasteiger partial charge in [0.2, 0.25) is 0 Å². The van der Waals surface area contributed by atoms with Crippen LogP contribution in [0.5, 0.6) is 0 Å². The molecular weight excluding hydrogens is 180 g/mol. The standard InChI is InChI=1S/C10H11N2O2/c1-2-14-10(13)7-3-4-8-9(5-7)12-6-11-8/h3-5,11H,2,6H2,1H3. The van der Waals surface area contributed by atoms with Gasteiger partial charge in [-0.15, -0.1) is 0 Å². The second-order valence-corrected chi connectivity index (χ2v) is 2.95. The minimum atomic E-state index is -0.294. The molecule has 0 unspecified atom stereocenters. The Labute approximate surface area is 82.3 Å². The summed E-state index contributed by atoms with van der Waals surface area (Å²) in [5.74, 6) is -0.294. The third-order valence-electron chi connectivity index (χ3n) is 2.03. The third-order valence-corrected chi connectivity index (χ3v) is 2.03. The van der Waals surface area contributed by atoms with Gasteiger partial charge in [0.1, 0.15) is 6.67 Å². The molecule has 2 rings (SSSR count). The summed E-state index contributed by atoms with van der Waals surface area (Å²) in [7, 11) is 0. The summed E-state index contributed by atoms with van der Waals surface area (Å²) in [6, 6.07) is 5.33. The maximum absolute atomic E-state index is 11.4. The zero-order chi connectivity index (χ0) is 9.97. The molecule has 0 amide bonds. The number of hydrogen-bond acceptors (Lipinski definition) is 3. The van der Waals surface area contributed by atoms with Gasteiger partial charge in [0, 0.05) is 0 Å². The maximum Gasteiger partial charge on any atom is 0.338 e. The molecular formula is C10H11N2O2.